The van der Waals surface area contributed by atoms with E-state index in [1.807, 2.05) is 58.7 Å². The van der Waals surface area contributed by atoms with E-state index >= 15 is 0 Å². The highest BCUT2D eigenvalue weighted by atomic mass is 16.5. The SMILES string of the molecule is CCO[C@H]1C[C@@H](c2nc3ccc4cc5c(cc4c3[nH]2)OCc2cc(-c3cnc([C@@H]4CC[C@H](C)N4C(=O)[C@@H](NC(=O)OC)[C@@H](C)CC)[nH]3)ccc2-5)N(C(=O)[C@@H](NC(=O)OC)C(C)C)C1. The number of nitrogens with zero attached hydrogens (tertiary/aromatic N) is 4. The van der Waals surface area contributed by atoms with Crippen LogP contribution in [0.2, 0.25) is 0 Å². The summed E-state index contributed by atoms with van der Waals surface area (Å²) in [5.74, 6) is 1.51. The Kier molecular flexibility index (Phi) is 12.4. The van der Waals surface area contributed by atoms with Crippen LogP contribution >= 0.6 is 0 Å². The number of alkyl carbamates (subject to hydrolysis) is 2. The van der Waals surface area contributed by atoms with Gasteiger partial charge < -0.3 is 49.3 Å². The molecule has 0 radical (unpaired) electrons. The molecule has 5 aromatic rings. The third-order valence-corrected chi connectivity index (χ3v) is 13.1. The van der Waals surface area contributed by atoms with Crippen molar-refractivity contribution in [3.8, 4) is 28.1 Å². The van der Waals surface area contributed by atoms with Crippen LogP contribution in [-0.2, 0) is 30.4 Å². The number of likely N-dealkylation sites (tertiary alicyclic amines) is 2. The van der Waals surface area contributed by atoms with Gasteiger partial charge in [-0.1, -0.05) is 52.3 Å². The van der Waals surface area contributed by atoms with Gasteiger partial charge in [0.05, 0.1) is 55.3 Å². The van der Waals surface area contributed by atoms with Gasteiger partial charge in [-0.05, 0) is 84.9 Å². The van der Waals surface area contributed by atoms with Crippen LogP contribution < -0.4 is 15.4 Å². The molecule has 0 bridgehead atoms. The molecular formula is C47H58N8O8. The number of aromatic amines is 2. The van der Waals surface area contributed by atoms with Crippen molar-refractivity contribution >= 4 is 45.8 Å². The second-order valence-electron chi connectivity index (χ2n) is 17.4. The van der Waals surface area contributed by atoms with Crippen molar-refractivity contribution in [2.24, 2.45) is 11.8 Å². The second-order valence-corrected chi connectivity index (χ2v) is 17.4. The molecule has 4 amide bonds. The minimum absolute atomic E-state index is 0.0203. The summed E-state index contributed by atoms with van der Waals surface area (Å²) in [6.45, 7) is 13.0. The number of nitrogens with one attached hydrogen (secondary N) is 4. The first kappa shape index (κ1) is 43.5. The highest BCUT2D eigenvalue weighted by molar-refractivity contribution is 6.07. The van der Waals surface area contributed by atoms with Gasteiger partial charge in [-0.15, -0.1) is 0 Å². The molecule has 0 saturated carbocycles. The number of rotatable bonds is 12. The van der Waals surface area contributed by atoms with Crippen LogP contribution in [0.3, 0.4) is 0 Å². The van der Waals surface area contributed by atoms with E-state index < -0.39 is 30.3 Å². The van der Waals surface area contributed by atoms with E-state index in [9.17, 15) is 19.2 Å². The summed E-state index contributed by atoms with van der Waals surface area (Å²) in [5.41, 5.74) is 6.49. The number of carbonyl (C=O) groups excluding carboxylic acids is 4. The van der Waals surface area contributed by atoms with Gasteiger partial charge in [-0.2, -0.15) is 0 Å². The standard InChI is InChI=1S/C47H58N8O8/c1-9-25(5)40(53-47(59)61-8)45(57)55-26(6)11-16-36(55)42-48-21-35(50-42)28-12-14-31-29(17-28)23-63-38-20-32-27(18-33(31)38)13-15-34-41(32)51-43(49-34)37-19-30(62-10-2)22-54(37)44(56)39(24(3)4)52-46(58)60-7/h12-15,17-18,20-21,24-26,30,36-37,39-40H,9-11,16,19,22-23H2,1-8H3,(H,48,50)(H,49,51)(H,52,58)(H,53,59)/t25-,26-,30-,36-,37-,39-,40-/m0/s1. The van der Waals surface area contributed by atoms with Gasteiger partial charge in [-0.25, -0.2) is 19.6 Å². The summed E-state index contributed by atoms with van der Waals surface area (Å²) >= 11 is 0. The van der Waals surface area contributed by atoms with Gasteiger partial charge in [0, 0.05) is 36.6 Å². The number of H-pyrrole nitrogens is 2. The van der Waals surface area contributed by atoms with Crippen LogP contribution in [0.5, 0.6) is 5.75 Å². The van der Waals surface area contributed by atoms with Crippen molar-refractivity contribution in [1.82, 2.24) is 40.4 Å². The highest BCUT2D eigenvalue weighted by Gasteiger charge is 2.43. The maximum atomic E-state index is 14.1. The Bertz CT molecular complexity index is 2530. The van der Waals surface area contributed by atoms with Gasteiger partial charge in [-0.3, -0.25) is 9.59 Å². The van der Waals surface area contributed by atoms with E-state index in [4.69, 9.17) is 28.9 Å². The van der Waals surface area contributed by atoms with E-state index in [-0.39, 0.29) is 41.8 Å². The Morgan fingerprint density at radius 3 is 2.37 bits per heavy atom. The molecule has 0 aliphatic carbocycles. The molecule has 2 aromatic heterocycles. The number of methoxy groups -OCH3 is 2. The number of hydrogen-bond acceptors (Lipinski definition) is 10. The Labute approximate surface area is 366 Å². The van der Waals surface area contributed by atoms with Gasteiger partial charge in [0.15, 0.2) is 0 Å². The molecule has 4 N–H and O–H groups in total. The number of carbonyl (C=O) groups is 4. The monoisotopic (exact) mass is 862 g/mol. The lowest BCUT2D eigenvalue weighted by molar-refractivity contribution is -0.137. The third kappa shape index (κ3) is 8.28. The topological polar surface area (TPSA) is 193 Å². The summed E-state index contributed by atoms with van der Waals surface area (Å²) in [6, 6.07) is 12.4. The Morgan fingerprint density at radius 1 is 0.889 bits per heavy atom. The smallest absolute Gasteiger partial charge is 0.407 e. The average molecular weight is 863 g/mol. The minimum atomic E-state index is -0.777. The number of aromatic nitrogens is 4. The third-order valence-electron chi connectivity index (χ3n) is 13.1. The molecule has 334 valence electrons. The van der Waals surface area contributed by atoms with Crippen LogP contribution in [0.4, 0.5) is 9.59 Å². The van der Waals surface area contributed by atoms with Crippen molar-refractivity contribution in [3.63, 3.8) is 0 Å². The van der Waals surface area contributed by atoms with Gasteiger partial charge in [0.1, 0.15) is 36.1 Å². The van der Waals surface area contributed by atoms with Crippen molar-refractivity contribution in [1.29, 1.82) is 0 Å². The molecule has 5 heterocycles. The second kappa shape index (κ2) is 17.9. The summed E-state index contributed by atoms with van der Waals surface area (Å²) in [6.07, 6.45) is 3.20. The Morgan fingerprint density at radius 2 is 1.65 bits per heavy atom. The fourth-order valence-electron chi connectivity index (χ4n) is 9.48. The first-order valence-corrected chi connectivity index (χ1v) is 22.0. The predicted octanol–water partition coefficient (Wildman–Crippen LogP) is 7.55. The molecule has 0 unspecified atom stereocenters. The van der Waals surface area contributed by atoms with E-state index in [2.05, 4.69) is 57.0 Å². The quantitative estimate of drug-likeness (QED) is 0.0974. The molecule has 2 saturated heterocycles. The van der Waals surface area contributed by atoms with Gasteiger partial charge in [0.2, 0.25) is 11.8 Å². The molecule has 2 fully saturated rings. The minimum Gasteiger partial charge on any atom is -0.488 e. The number of hydrogen-bond donors (Lipinski definition) is 4. The number of ether oxygens (including phenoxy) is 4. The zero-order valence-corrected chi connectivity index (χ0v) is 37.2. The van der Waals surface area contributed by atoms with Crippen LogP contribution in [-0.4, -0.2) is 105 Å². The Hall–Kier alpha value is -6.16. The predicted molar refractivity (Wildman–Crippen MR) is 237 cm³/mol. The molecule has 7 atom stereocenters. The molecule has 16 heteroatoms. The summed E-state index contributed by atoms with van der Waals surface area (Å²) in [5, 5.41) is 7.45. The summed E-state index contributed by atoms with van der Waals surface area (Å²) in [4.78, 5) is 73.0. The molecule has 3 aliphatic heterocycles. The first-order chi connectivity index (χ1) is 30.3. The largest absolute Gasteiger partial charge is 0.488 e. The maximum Gasteiger partial charge on any atom is 0.407 e. The number of benzene rings is 3. The van der Waals surface area contributed by atoms with Gasteiger partial charge >= 0.3 is 12.2 Å². The Balaban J connectivity index is 1.05. The first-order valence-electron chi connectivity index (χ1n) is 22.0. The summed E-state index contributed by atoms with van der Waals surface area (Å²) in [7, 11) is 2.58. The molecular weight excluding hydrogens is 805 g/mol. The zero-order valence-electron chi connectivity index (χ0n) is 37.2. The lowest BCUT2D eigenvalue weighted by atomic mass is 9.92. The molecule has 16 nitrogen and oxygen atoms in total. The average Bonchev–Trinajstić information content (AvgIpc) is 4.11. The van der Waals surface area contributed by atoms with Crippen molar-refractivity contribution in [3.05, 3.63) is 65.9 Å². The van der Waals surface area contributed by atoms with E-state index in [1.165, 1.54) is 14.2 Å². The molecule has 63 heavy (non-hydrogen) atoms. The lowest BCUT2D eigenvalue weighted by Crippen LogP contribution is -2.53. The molecule has 3 aromatic carbocycles. The fraction of sp³-hybridized carbons (Fsp3) is 0.489. The lowest BCUT2D eigenvalue weighted by Gasteiger charge is -2.33. The fourth-order valence-corrected chi connectivity index (χ4v) is 9.48. The van der Waals surface area contributed by atoms with Crippen LogP contribution in [0.15, 0.2) is 48.7 Å². The molecule has 8 rings (SSSR count). The van der Waals surface area contributed by atoms with Crippen LogP contribution in [0.25, 0.3) is 44.2 Å². The van der Waals surface area contributed by atoms with Crippen molar-refractivity contribution < 1.29 is 38.1 Å². The number of fused-ring (bicyclic) bond motifs is 6. The maximum absolute atomic E-state index is 14.1. The van der Waals surface area contributed by atoms with E-state index in [0.29, 0.717) is 37.8 Å². The van der Waals surface area contributed by atoms with Gasteiger partial charge in [0.25, 0.3) is 0 Å². The van der Waals surface area contributed by atoms with Crippen molar-refractivity contribution in [2.75, 3.05) is 27.4 Å². The van der Waals surface area contributed by atoms with Crippen molar-refractivity contribution in [2.45, 2.75) is 110 Å². The van der Waals surface area contributed by atoms with E-state index in [0.717, 1.165) is 74.8 Å². The molecule has 3 aliphatic rings. The number of imidazole rings is 2. The molecule has 0 spiro atoms. The highest BCUT2D eigenvalue weighted by Crippen LogP contribution is 2.44. The van der Waals surface area contributed by atoms with E-state index in [1.54, 1.807) is 4.90 Å². The normalized spacial score (nSPS) is 20.8. The zero-order chi connectivity index (χ0) is 44.7. The van der Waals surface area contributed by atoms with Crippen LogP contribution in [0.1, 0.15) is 96.5 Å². The van der Waals surface area contributed by atoms with Crippen LogP contribution in [0, 0.1) is 11.8 Å². The number of amides is 4. The summed E-state index contributed by atoms with van der Waals surface area (Å²) < 4.78 is 22.1.